The third-order valence-corrected chi connectivity index (χ3v) is 5.83. The highest BCUT2D eigenvalue weighted by atomic mass is 19.4. The van der Waals surface area contributed by atoms with Crippen LogP contribution in [0.25, 0.3) is 11.0 Å². The SMILES string of the molecule is N[C@@H]1CCCN(c2n[nH]c3nccc(Oc4ccc(C(=O)Nc5cc(C(F)(F)F)ccn5)cc4)c23)C1. The lowest BCUT2D eigenvalue weighted by molar-refractivity contribution is -0.137. The summed E-state index contributed by atoms with van der Waals surface area (Å²) in [6, 6.07) is 9.62. The second kappa shape index (κ2) is 9.46. The Balaban J connectivity index is 1.33. The molecule has 1 atom stereocenters. The van der Waals surface area contributed by atoms with Gasteiger partial charge in [-0.25, -0.2) is 9.97 Å². The van der Waals surface area contributed by atoms with Gasteiger partial charge < -0.3 is 20.7 Å². The number of nitrogens with zero attached hydrogens (tertiary/aromatic N) is 4. The van der Waals surface area contributed by atoms with Crippen LogP contribution in [0.5, 0.6) is 11.5 Å². The number of H-pyrrole nitrogens is 1. The maximum Gasteiger partial charge on any atom is 0.416 e. The standard InChI is InChI=1S/C24H22F3N7O2/c25-24(26,27)15-7-9-29-19(12-15)31-23(35)14-3-5-17(6-4-14)36-18-8-10-30-21-20(18)22(33-32-21)34-11-1-2-16(28)13-34/h3-10,12,16H,1-2,11,13,28H2,(H,29,31,35)(H,30,32,33)/t16-/m1/s1. The first-order valence-corrected chi connectivity index (χ1v) is 11.2. The van der Waals surface area contributed by atoms with Gasteiger partial charge in [0.25, 0.3) is 5.91 Å². The summed E-state index contributed by atoms with van der Waals surface area (Å²) in [6.45, 7) is 1.51. The predicted octanol–water partition coefficient (Wildman–Crippen LogP) is 4.34. The van der Waals surface area contributed by atoms with Crippen molar-refractivity contribution in [2.24, 2.45) is 5.73 Å². The first-order chi connectivity index (χ1) is 17.3. The minimum atomic E-state index is -4.53. The van der Waals surface area contributed by atoms with E-state index in [4.69, 9.17) is 10.5 Å². The minimum Gasteiger partial charge on any atom is -0.456 e. The third-order valence-electron chi connectivity index (χ3n) is 5.83. The van der Waals surface area contributed by atoms with Crippen molar-refractivity contribution in [3.8, 4) is 11.5 Å². The topological polar surface area (TPSA) is 122 Å². The summed E-state index contributed by atoms with van der Waals surface area (Å²) in [5, 5.41) is 10.5. The molecule has 0 saturated carbocycles. The quantitative estimate of drug-likeness (QED) is 0.375. The summed E-state index contributed by atoms with van der Waals surface area (Å²) >= 11 is 0. The molecule has 12 heteroatoms. The van der Waals surface area contributed by atoms with Gasteiger partial charge in [-0.15, -0.1) is 0 Å². The van der Waals surface area contributed by atoms with Crippen molar-refractivity contribution in [2.75, 3.05) is 23.3 Å². The number of pyridine rings is 2. The molecule has 5 rings (SSSR count). The second-order valence-electron chi connectivity index (χ2n) is 8.44. The molecule has 0 aliphatic carbocycles. The average Bonchev–Trinajstić information content (AvgIpc) is 3.29. The fraction of sp³-hybridized carbons (Fsp3) is 0.250. The van der Waals surface area contributed by atoms with Crippen LogP contribution in [0.2, 0.25) is 0 Å². The third kappa shape index (κ3) is 4.93. The lowest BCUT2D eigenvalue weighted by atomic mass is 10.1. The molecular formula is C24H22F3N7O2. The molecule has 3 aromatic heterocycles. The van der Waals surface area contributed by atoms with Crippen molar-refractivity contribution in [3.63, 3.8) is 0 Å². The van der Waals surface area contributed by atoms with Crippen LogP contribution in [0, 0.1) is 0 Å². The number of amides is 1. The van der Waals surface area contributed by atoms with Crippen LogP contribution in [0.3, 0.4) is 0 Å². The van der Waals surface area contributed by atoms with E-state index in [1.165, 1.54) is 12.1 Å². The number of carbonyl (C=O) groups is 1. The van der Waals surface area contributed by atoms with Crippen molar-refractivity contribution < 1.29 is 22.7 Å². The summed E-state index contributed by atoms with van der Waals surface area (Å²) in [5.74, 6) is 0.914. The van der Waals surface area contributed by atoms with E-state index in [-0.39, 0.29) is 17.4 Å². The summed E-state index contributed by atoms with van der Waals surface area (Å²) in [7, 11) is 0. The van der Waals surface area contributed by atoms with Crippen molar-refractivity contribution >= 4 is 28.6 Å². The van der Waals surface area contributed by atoms with Crippen LogP contribution in [0.1, 0.15) is 28.8 Å². The van der Waals surface area contributed by atoms with Crippen LogP contribution in [-0.4, -0.2) is 45.2 Å². The number of aromatic nitrogens is 4. The van der Waals surface area contributed by atoms with E-state index < -0.39 is 17.6 Å². The molecule has 4 heterocycles. The molecule has 4 N–H and O–H groups in total. The number of aromatic amines is 1. The molecule has 4 aromatic rings. The van der Waals surface area contributed by atoms with Crippen LogP contribution in [0.4, 0.5) is 24.8 Å². The summed E-state index contributed by atoms with van der Waals surface area (Å²) in [6.07, 6.45) is -0.0115. The number of piperidine rings is 1. The Labute approximate surface area is 203 Å². The van der Waals surface area contributed by atoms with Crippen LogP contribution in [0.15, 0.2) is 54.9 Å². The summed E-state index contributed by atoms with van der Waals surface area (Å²) < 4.78 is 44.8. The molecule has 0 spiro atoms. The normalized spacial score (nSPS) is 16.2. The molecule has 36 heavy (non-hydrogen) atoms. The Morgan fingerprint density at radius 3 is 2.67 bits per heavy atom. The molecular weight excluding hydrogens is 475 g/mol. The van der Waals surface area contributed by atoms with Crippen molar-refractivity contribution in [2.45, 2.75) is 25.1 Å². The van der Waals surface area contributed by atoms with Crippen LogP contribution in [-0.2, 0) is 6.18 Å². The van der Waals surface area contributed by atoms with Gasteiger partial charge in [-0.3, -0.25) is 9.89 Å². The number of ether oxygens (including phenoxy) is 1. The van der Waals surface area contributed by atoms with Gasteiger partial charge in [0.1, 0.15) is 22.7 Å². The van der Waals surface area contributed by atoms with Gasteiger partial charge in [0.05, 0.1) is 5.56 Å². The largest absolute Gasteiger partial charge is 0.456 e. The molecule has 1 aliphatic rings. The molecule has 0 radical (unpaired) electrons. The molecule has 1 fully saturated rings. The molecule has 1 aromatic carbocycles. The Morgan fingerprint density at radius 2 is 1.92 bits per heavy atom. The monoisotopic (exact) mass is 497 g/mol. The van der Waals surface area contributed by atoms with Crippen LogP contribution < -0.4 is 20.7 Å². The number of carbonyl (C=O) groups excluding carboxylic acids is 1. The summed E-state index contributed by atoms with van der Waals surface area (Å²) in [4.78, 5) is 22.7. The number of nitrogens with one attached hydrogen (secondary N) is 2. The zero-order chi connectivity index (χ0) is 25.3. The Hall–Kier alpha value is -4.19. The van der Waals surface area contributed by atoms with E-state index in [1.807, 2.05) is 0 Å². The first-order valence-electron chi connectivity index (χ1n) is 11.2. The van der Waals surface area contributed by atoms with Gasteiger partial charge >= 0.3 is 6.18 Å². The van der Waals surface area contributed by atoms with Crippen molar-refractivity contribution in [3.05, 3.63) is 66.0 Å². The molecule has 0 unspecified atom stereocenters. The molecule has 9 nitrogen and oxygen atoms in total. The van der Waals surface area contributed by atoms with Gasteiger partial charge in [-0.2, -0.15) is 18.3 Å². The van der Waals surface area contributed by atoms with E-state index >= 15 is 0 Å². The zero-order valence-corrected chi connectivity index (χ0v) is 18.9. The smallest absolute Gasteiger partial charge is 0.416 e. The lowest BCUT2D eigenvalue weighted by Gasteiger charge is -2.31. The number of rotatable bonds is 5. The highest BCUT2D eigenvalue weighted by molar-refractivity contribution is 6.03. The van der Waals surface area contributed by atoms with E-state index in [2.05, 4.69) is 30.4 Å². The molecule has 1 amide bonds. The molecule has 1 aliphatic heterocycles. The number of hydrogen-bond donors (Lipinski definition) is 3. The molecule has 186 valence electrons. The van der Waals surface area contributed by atoms with Crippen molar-refractivity contribution in [1.82, 2.24) is 20.2 Å². The first kappa shape index (κ1) is 23.5. The van der Waals surface area contributed by atoms with E-state index in [9.17, 15) is 18.0 Å². The van der Waals surface area contributed by atoms with E-state index in [1.54, 1.807) is 24.4 Å². The molecule has 0 bridgehead atoms. The Bertz CT molecular complexity index is 1390. The Kier molecular flexibility index (Phi) is 6.18. The fourth-order valence-electron chi connectivity index (χ4n) is 4.09. The number of nitrogens with two attached hydrogens (primary N) is 1. The van der Waals surface area contributed by atoms with Gasteiger partial charge in [-0.1, -0.05) is 0 Å². The fourth-order valence-corrected chi connectivity index (χ4v) is 4.09. The molecule has 1 saturated heterocycles. The summed E-state index contributed by atoms with van der Waals surface area (Å²) in [5.41, 5.74) is 6.04. The van der Waals surface area contributed by atoms with Gasteiger partial charge in [0.2, 0.25) is 0 Å². The minimum absolute atomic E-state index is 0.0661. The number of anilines is 2. The van der Waals surface area contributed by atoms with E-state index in [0.717, 1.165) is 43.1 Å². The van der Waals surface area contributed by atoms with Gasteiger partial charge in [0.15, 0.2) is 11.5 Å². The maximum absolute atomic E-state index is 12.9. The lowest BCUT2D eigenvalue weighted by Crippen LogP contribution is -2.43. The van der Waals surface area contributed by atoms with Gasteiger partial charge in [-0.05, 0) is 49.2 Å². The van der Waals surface area contributed by atoms with E-state index in [0.29, 0.717) is 29.5 Å². The predicted molar refractivity (Wildman–Crippen MR) is 127 cm³/mol. The van der Waals surface area contributed by atoms with Gasteiger partial charge in [0, 0.05) is 43.2 Å². The highest BCUT2D eigenvalue weighted by Crippen LogP contribution is 2.35. The average molecular weight is 497 g/mol. The van der Waals surface area contributed by atoms with Crippen LogP contribution >= 0.6 is 0 Å². The second-order valence-corrected chi connectivity index (χ2v) is 8.44. The Morgan fingerprint density at radius 1 is 1.14 bits per heavy atom. The number of benzene rings is 1. The van der Waals surface area contributed by atoms with Crippen molar-refractivity contribution in [1.29, 1.82) is 0 Å². The number of hydrogen-bond acceptors (Lipinski definition) is 7. The number of halogens is 3. The maximum atomic E-state index is 12.9. The number of fused-ring (bicyclic) bond motifs is 1. The zero-order valence-electron chi connectivity index (χ0n) is 18.9. The highest BCUT2D eigenvalue weighted by Gasteiger charge is 2.31. The number of alkyl halides is 3.